The maximum absolute atomic E-state index is 12.1. The van der Waals surface area contributed by atoms with Crippen LogP contribution in [0.25, 0.3) is 0 Å². The largest absolute Gasteiger partial charge is 0.337 e. The highest BCUT2D eigenvalue weighted by Gasteiger charge is 2.20. The first-order valence-corrected chi connectivity index (χ1v) is 8.06. The number of nitrogens with zero attached hydrogens (tertiary/aromatic N) is 7. The van der Waals surface area contributed by atoms with E-state index in [-0.39, 0.29) is 19.0 Å². The number of piperazine rings is 1. The molecule has 0 atom stereocenters. The summed E-state index contributed by atoms with van der Waals surface area (Å²) >= 11 is 0. The van der Waals surface area contributed by atoms with Gasteiger partial charge in [0.1, 0.15) is 18.9 Å². The summed E-state index contributed by atoms with van der Waals surface area (Å²) in [5.74, 6) is 0.927. The van der Waals surface area contributed by atoms with Gasteiger partial charge in [0.2, 0.25) is 5.91 Å². The fourth-order valence-electron chi connectivity index (χ4n) is 2.73. The van der Waals surface area contributed by atoms with E-state index in [4.69, 9.17) is 10.5 Å². The second-order valence-electron chi connectivity index (χ2n) is 5.89. The number of aryl methyl sites for hydroxylation is 1. The Balaban J connectivity index is 1.71. The molecule has 1 aromatic rings. The molecule has 0 aromatic carbocycles. The minimum Gasteiger partial charge on any atom is -0.337 e. The van der Waals surface area contributed by atoms with E-state index >= 15 is 0 Å². The molecule has 128 valence electrons. The second kappa shape index (κ2) is 9.02. The average Bonchev–Trinajstić information content (AvgIpc) is 2.98. The molecule has 8 heteroatoms. The molecule has 1 saturated heterocycles. The predicted molar refractivity (Wildman–Crippen MR) is 87.3 cm³/mol. The number of hydrogen-bond acceptors (Lipinski definition) is 6. The lowest BCUT2D eigenvalue weighted by Gasteiger charge is -2.34. The maximum Gasteiger partial charge on any atom is 0.225 e. The Labute approximate surface area is 142 Å². The van der Waals surface area contributed by atoms with Crippen LogP contribution >= 0.6 is 0 Å². The standard InChI is InChI=1S/C16H23N7O/c1-20-9-5-19-15(20)14-22-12-10-21(11-13-22)6-2-16(24)23(7-3-17)8-4-18/h5,9H,2,6-8,10-14H2,1H3. The summed E-state index contributed by atoms with van der Waals surface area (Å²) in [6, 6.07) is 3.86. The van der Waals surface area contributed by atoms with Crippen molar-refractivity contribution in [2.45, 2.75) is 13.0 Å². The van der Waals surface area contributed by atoms with Crippen molar-refractivity contribution in [2.75, 3.05) is 45.8 Å². The van der Waals surface area contributed by atoms with Gasteiger partial charge in [-0.2, -0.15) is 10.5 Å². The lowest BCUT2D eigenvalue weighted by atomic mass is 10.2. The molecule has 1 fully saturated rings. The summed E-state index contributed by atoms with van der Waals surface area (Å²) in [6.07, 6.45) is 4.11. The van der Waals surface area contributed by atoms with Crippen molar-refractivity contribution in [3.05, 3.63) is 18.2 Å². The molecule has 0 radical (unpaired) electrons. The Morgan fingerprint density at radius 3 is 2.38 bits per heavy atom. The molecule has 1 aromatic heterocycles. The summed E-state index contributed by atoms with van der Waals surface area (Å²) < 4.78 is 2.03. The van der Waals surface area contributed by atoms with Gasteiger partial charge >= 0.3 is 0 Å². The van der Waals surface area contributed by atoms with Gasteiger partial charge in [0.15, 0.2) is 0 Å². The lowest BCUT2D eigenvalue weighted by Crippen LogP contribution is -2.47. The number of carbonyl (C=O) groups excluding carboxylic acids is 1. The zero-order valence-electron chi connectivity index (χ0n) is 14.1. The SMILES string of the molecule is Cn1ccnc1CN1CCN(CCC(=O)N(CC#N)CC#N)CC1. The summed E-state index contributed by atoms with van der Waals surface area (Å²) in [7, 11) is 2.00. The third-order valence-electron chi connectivity index (χ3n) is 4.27. The van der Waals surface area contributed by atoms with Crippen LogP contribution in [0.3, 0.4) is 0 Å². The van der Waals surface area contributed by atoms with Gasteiger partial charge in [0.25, 0.3) is 0 Å². The highest BCUT2D eigenvalue weighted by atomic mass is 16.2. The zero-order valence-corrected chi connectivity index (χ0v) is 14.1. The molecular formula is C16H23N7O. The van der Waals surface area contributed by atoms with Crippen LogP contribution < -0.4 is 0 Å². The molecule has 0 N–H and O–H groups in total. The smallest absolute Gasteiger partial charge is 0.225 e. The molecule has 0 spiro atoms. The third-order valence-corrected chi connectivity index (χ3v) is 4.27. The molecular weight excluding hydrogens is 306 g/mol. The van der Waals surface area contributed by atoms with Crippen molar-refractivity contribution in [1.29, 1.82) is 10.5 Å². The van der Waals surface area contributed by atoms with E-state index in [9.17, 15) is 4.79 Å². The Bertz CT molecular complexity index is 603. The van der Waals surface area contributed by atoms with E-state index in [0.29, 0.717) is 13.0 Å². The molecule has 1 amide bonds. The number of imidazole rings is 1. The van der Waals surface area contributed by atoms with Gasteiger partial charge in [-0.1, -0.05) is 0 Å². The molecule has 0 bridgehead atoms. The van der Waals surface area contributed by atoms with Gasteiger partial charge in [-0.15, -0.1) is 0 Å². The Hall–Kier alpha value is -2.42. The molecule has 24 heavy (non-hydrogen) atoms. The molecule has 0 aliphatic carbocycles. The van der Waals surface area contributed by atoms with Gasteiger partial charge in [-0.25, -0.2) is 4.98 Å². The fourth-order valence-corrected chi connectivity index (χ4v) is 2.73. The Morgan fingerprint density at radius 2 is 1.83 bits per heavy atom. The number of carbonyl (C=O) groups is 1. The van der Waals surface area contributed by atoms with E-state index in [1.54, 1.807) is 0 Å². The van der Waals surface area contributed by atoms with Gasteiger partial charge in [0.05, 0.1) is 18.7 Å². The van der Waals surface area contributed by atoms with Crippen LogP contribution in [0.4, 0.5) is 0 Å². The lowest BCUT2D eigenvalue weighted by molar-refractivity contribution is -0.130. The molecule has 8 nitrogen and oxygen atoms in total. The highest BCUT2D eigenvalue weighted by Crippen LogP contribution is 2.07. The first kappa shape index (κ1) is 17.9. The van der Waals surface area contributed by atoms with Crippen LogP contribution in [0.2, 0.25) is 0 Å². The minimum absolute atomic E-state index is 0.0240. The van der Waals surface area contributed by atoms with Crippen LogP contribution in [-0.2, 0) is 18.4 Å². The van der Waals surface area contributed by atoms with E-state index in [1.165, 1.54) is 4.90 Å². The van der Waals surface area contributed by atoms with Gasteiger partial charge in [-0.3, -0.25) is 9.69 Å². The van der Waals surface area contributed by atoms with Crippen LogP contribution in [0.5, 0.6) is 0 Å². The summed E-state index contributed by atoms with van der Waals surface area (Å²) in [5, 5.41) is 17.4. The monoisotopic (exact) mass is 329 g/mol. The molecule has 0 saturated carbocycles. The van der Waals surface area contributed by atoms with Gasteiger partial charge in [0, 0.05) is 58.6 Å². The van der Waals surface area contributed by atoms with Crippen molar-refractivity contribution in [3.63, 3.8) is 0 Å². The number of aromatic nitrogens is 2. The van der Waals surface area contributed by atoms with Crippen LogP contribution in [0.1, 0.15) is 12.2 Å². The Morgan fingerprint density at radius 1 is 1.21 bits per heavy atom. The molecule has 1 aliphatic rings. The summed E-state index contributed by atoms with van der Waals surface area (Å²) in [6.45, 7) is 5.18. The van der Waals surface area contributed by atoms with Crippen molar-refractivity contribution in [1.82, 2.24) is 24.3 Å². The molecule has 0 unspecified atom stereocenters. The van der Waals surface area contributed by atoms with Gasteiger partial charge < -0.3 is 14.4 Å². The molecule has 1 aliphatic heterocycles. The van der Waals surface area contributed by atoms with Crippen LogP contribution in [0, 0.1) is 22.7 Å². The van der Waals surface area contributed by atoms with E-state index < -0.39 is 0 Å². The third kappa shape index (κ3) is 5.05. The number of amides is 1. The highest BCUT2D eigenvalue weighted by molar-refractivity contribution is 5.76. The van der Waals surface area contributed by atoms with Crippen molar-refractivity contribution >= 4 is 5.91 Å². The fraction of sp³-hybridized carbons (Fsp3) is 0.625. The average molecular weight is 329 g/mol. The molecule has 2 rings (SSSR count). The van der Waals surface area contributed by atoms with Crippen molar-refractivity contribution in [2.24, 2.45) is 7.05 Å². The van der Waals surface area contributed by atoms with Gasteiger partial charge in [-0.05, 0) is 0 Å². The van der Waals surface area contributed by atoms with E-state index in [0.717, 1.165) is 38.5 Å². The van der Waals surface area contributed by atoms with E-state index in [2.05, 4.69) is 14.8 Å². The quantitative estimate of drug-likeness (QED) is 0.644. The predicted octanol–water partition coefficient (Wildman–Crippen LogP) is -0.196. The second-order valence-corrected chi connectivity index (χ2v) is 5.89. The number of nitriles is 2. The number of hydrogen-bond donors (Lipinski definition) is 0. The van der Waals surface area contributed by atoms with Crippen LogP contribution in [-0.4, -0.2) is 76.0 Å². The first-order chi connectivity index (χ1) is 11.6. The normalized spacial score (nSPS) is 15.6. The van der Waals surface area contributed by atoms with Crippen molar-refractivity contribution in [3.8, 4) is 12.1 Å². The van der Waals surface area contributed by atoms with E-state index in [1.807, 2.05) is 36.1 Å². The summed E-state index contributed by atoms with van der Waals surface area (Å²) in [4.78, 5) is 22.3. The number of rotatable bonds is 7. The summed E-state index contributed by atoms with van der Waals surface area (Å²) in [5.41, 5.74) is 0. The Kier molecular flexibility index (Phi) is 6.74. The van der Waals surface area contributed by atoms with Crippen LogP contribution in [0.15, 0.2) is 12.4 Å². The topological polar surface area (TPSA) is 92.2 Å². The minimum atomic E-state index is -0.131. The zero-order chi connectivity index (χ0) is 17.4. The van der Waals surface area contributed by atoms with Crippen molar-refractivity contribution < 1.29 is 4.79 Å². The maximum atomic E-state index is 12.1. The molecule has 2 heterocycles. The first-order valence-electron chi connectivity index (χ1n) is 8.06.